The number of carbonyl (C=O) groups excluding carboxylic acids is 2. The van der Waals surface area contributed by atoms with E-state index in [-0.39, 0.29) is 50.0 Å². The molecule has 16 heteroatoms. The minimum absolute atomic E-state index is 0.0190. The standard InChI is InChI=1S/C38H42F3N5O6S.C2H6O/c1-22(2)53(49,50)43-36(47)24-10-12-29-30(20-24)46-21-26(33-32(35(38(39,40)41)42-44(33)3)37(48)45-14-16-52-17-15-45)18-25-19-27(51-4)11-13-28(25)34(46)31(29)23-8-6-5-7-9-23;1-3-2/h10-13,18-20,22-23H,5-9,14-17,21H2,1-4H3,(H,43,47);1-2H3. The molecule has 2 aliphatic heterocycles. The highest BCUT2D eigenvalue weighted by atomic mass is 32.2. The SMILES string of the molecule is COC.COc1ccc2c(c1)C=C(c1c(C(=O)N3CCOCC3)c(C(F)(F)F)nn1C)Cn1c-2c(C2CCCCC2)c2ccc(C(=O)NS(=O)(=O)C(C)C)cc21. The maximum absolute atomic E-state index is 14.7. The lowest BCUT2D eigenvalue weighted by Crippen LogP contribution is -2.41. The highest BCUT2D eigenvalue weighted by molar-refractivity contribution is 7.90. The molecule has 2 fully saturated rings. The number of nitrogens with one attached hydrogen (secondary N) is 1. The maximum atomic E-state index is 14.7. The monoisotopic (exact) mass is 799 g/mol. The maximum Gasteiger partial charge on any atom is 0.435 e. The van der Waals surface area contributed by atoms with Crippen LogP contribution in [0.4, 0.5) is 13.2 Å². The van der Waals surface area contributed by atoms with Crippen molar-refractivity contribution in [2.45, 2.75) is 69.8 Å². The Balaban J connectivity index is 0.00000172. The topological polar surface area (TPSA) is 134 Å². The van der Waals surface area contributed by atoms with Crippen molar-refractivity contribution in [1.29, 1.82) is 0 Å². The first kappa shape index (κ1) is 41.0. The quantitative estimate of drug-likeness (QED) is 0.214. The van der Waals surface area contributed by atoms with Crippen molar-refractivity contribution in [2.24, 2.45) is 7.05 Å². The number of fused-ring (bicyclic) bond motifs is 5. The second-order valence-corrected chi connectivity index (χ2v) is 16.8. The molecule has 56 heavy (non-hydrogen) atoms. The van der Waals surface area contributed by atoms with Crippen LogP contribution >= 0.6 is 0 Å². The predicted octanol–water partition coefficient (Wildman–Crippen LogP) is 6.87. The average Bonchev–Trinajstić information content (AvgIpc) is 3.63. The fourth-order valence-electron chi connectivity index (χ4n) is 7.85. The van der Waals surface area contributed by atoms with Crippen LogP contribution in [0.25, 0.3) is 33.8 Å². The number of alkyl halides is 3. The Labute approximate surface area is 324 Å². The van der Waals surface area contributed by atoms with E-state index in [4.69, 9.17) is 9.47 Å². The van der Waals surface area contributed by atoms with Crippen LogP contribution in [0.5, 0.6) is 5.75 Å². The zero-order valence-electron chi connectivity index (χ0n) is 32.5. The van der Waals surface area contributed by atoms with Gasteiger partial charge in [-0.1, -0.05) is 25.3 Å². The molecular formula is C40H48F3N5O7S. The lowest BCUT2D eigenvalue weighted by molar-refractivity contribution is -0.141. The van der Waals surface area contributed by atoms with E-state index in [1.807, 2.05) is 28.8 Å². The summed E-state index contributed by atoms with van der Waals surface area (Å²) in [6, 6.07) is 10.7. The number of rotatable bonds is 7. The van der Waals surface area contributed by atoms with Gasteiger partial charge in [0.1, 0.15) is 5.75 Å². The number of sulfonamides is 1. The lowest BCUT2D eigenvalue weighted by Gasteiger charge is -2.27. The number of benzene rings is 2. The van der Waals surface area contributed by atoms with E-state index in [9.17, 15) is 31.2 Å². The van der Waals surface area contributed by atoms with Crippen molar-refractivity contribution >= 4 is 44.4 Å². The molecule has 0 atom stereocenters. The van der Waals surface area contributed by atoms with Crippen LogP contribution in [0.2, 0.25) is 0 Å². The molecule has 302 valence electrons. The van der Waals surface area contributed by atoms with Crippen molar-refractivity contribution in [2.75, 3.05) is 47.6 Å². The summed E-state index contributed by atoms with van der Waals surface area (Å²) in [4.78, 5) is 28.9. The number of carbonyl (C=O) groups is 2. The fraction of sp³-hybridized carbons (Fsp3) is 0.475. The zero-order chi connectivity index (χ0) is 40.5. The summed E-state index contributed by atoms with van der Waals surface area (Å²) in [7, 11) is 2.25. The number of aromatic nitrogens is 3. The van der Waals surface area contributed by atoms with Crippen molar-refractivity contribution in [1.82, 2.24) is 24.0 Å². The van der Waals surface area contributed by atoms with Gasteiger partial charge < -0.3 is 23.7 Å². The van der Waals surface area contributed by atoms with Gasteiger partial charge in [-0.15, -0.1) is 0 Å². The van der Waals surface area contributed by atoms with E-state index in [0.29, 0.717) is 22.4 Å². The predicted molar refractivity (Wildman–Crippen MR) is 207 cm³/mol. The van der Waals surface area contributed by atoms with Crippen LogP contribution in [0.15, 0.2) is 36.4 Å². The molecule has 2 aromatic carbocycles. The molecule has 2 aromatic heterocycles. The van der Waals surface area contributed by atoms with Gasteiger partial charge in [-0.05, 0) is 85.7 Å². The molecule has 1 aliphatic carbocycles. The van der Waals surface area contributed by atoms with E-state index in [2.05, 4.69) is 14.6 Å². The molecule has 4 heterocycles. The Morgan fingerprint density at radius 2 is 1.66 bits per heavy atom. The Bertz CT molecular complexity index is 2260. The molecule has 0 spiro atoms. The minimum atomic E-state index is -4.92. The van der Waals surface area contributed by atoms with Crippen LogP contribution in [0.1, 0.15) is 95.1 Å². The van der Waals surface area contributed by atoms with Crippen molar-refractivity contribution in [3.63, 3.8) is 0 Å². The third-order valence-electron chi connectivity index (χ3n) is 10.5. The Hall–Kier alpha value is -4.67. The molecule has 3 aliphatic rings. The van der Waals surface area contributed by atoms with E-state index < -0.39 is 44.5 Å². The van der Waals surface area contributed by atoms with Crippen molar-refractivity contribution < 1.29 is 45.4 Å². The number of morpholine rings is 1. The second kappa shape index (κ2) is 16.4. The first-order valence-corrected chi connectivity index (χ1v) is 20.2. The van der Waals surface area contributed by atoms with Crippen LogP contribution < -0.4 is 9.46 Å². The molecule has 1 saturated carbocycles. The summed E-state index contributed by atoms with van der Waals surface area (Å²) in [6.07, 6.45) is 1.92. The van der Waals surface area contributed by atoms with Gasteiger partial charge in [0.15, 0.2) is 5.69 Å². The van der Waals surface area contributed by atoms with Crippen molar-refractivity contribution in [3.8, 4) is 17.0 Å². The number of allylic oxidation sites excluding steroid dienone is 1. The first-order chi connectivity index (χ1) is 26.6. The minimum Gasteiger partial charge on any atom is -0.497 e. The largest absolute Gasteiger partial charge is 0.497 e. The zero-order valence-corrected chi connectivity index (χ0v) is 33.3. The molecule has 4 aromatic rings. The number of hydrogen-bond acceptors (Lipinski definition) is 8. The normalized spacial score (nSPS) is 16.4. The summed E-state index contributed by atoms with van der Waals surface area (Å²) in [5, 5.41) is 3.93. The van der Waals surface area contributed by atoms with Gasteiger partial charge in [-0.3, -0.25) is 14.3 Å². The van der Waals surface area contributed by atoms with Crippen molar-refractivity contribution in [3.05, 3.63) is 70.0 Å². The van der Waals surface area contributed by atoms with Crippen LogP contribution in [0, 0.1) is 0 Å². The summed E-state index contributed by atoms with van der Waals surface area (Å²) >= 11 is 0. The molecule has 12 nitrogen and oxygen atoms in total. The van der Waals surface area contributed by atoms with Gasteiger partial charge in [0.05, 0.1) is 49.1 Å². The third kappa shape index (κ3) is 7.96. The Morgan fingerprint density at radius 3 is 2.29 bits per heavy atom. The second-order valence-electron chi connectivity index (χ2n) is 14.6. The number of aryl methyl sites for hydroxylation is 1. The lowest BCUT2D eigenvalue weighted by atomic mass is 9.81. The highest BCUT2D eigenvalue weighted by Crippen LogP contribution is 2.48. The van der Waals surface area contributed by atoms with Gasteiger partial charge >= 0.3 is 6.18 Å². The van der Waals surface area contributed by atoms with Crippen LogP contribution in [-0.2, 0) is 39.3 Å². The summed E-state index contributed by atoms with van der Waals surface area (Å²) < 4.78 is 90.0. The van der Waals surface area contributed by atoms with E-state index in [1.165, 1.54) is 32.9 Å². The van der Waals surface area contributed by atoms with Gasteiger partial charge in [0.25, 0.3) is 11.8 Å². The molecular weight excluding hydrogens is 752 g/mol. The molecule has 0 unspecified atom stereocenters. The van der Waals surface area contributed by atoms with Gasteiger partial charge in [-0.2, -0.15) is 18.3 Å². The number of ether oxygens (including phenoxy) is 3. The number of methoxy groups -OCH3 is 2. The van der Waals surface area contributed by atoms with Crippen LogP contribution in [-0.4, -0.2) is 92.4 Å². The van der Waals surface area contributed by atoms with E-state index >= 15 is 0 Å². The molecule has 2 amide bonds. The summed E-state index contributed by atoms with van der Waals surface area (Å²) in [5.74, 6) is -0.874. The Morgan fingerprint density at radius 1 is 0.982 bits per heavy atom. The molecule has 7 rings (SSSR count). The molecule has 0 bridgehead atoms. The van der Waals surface area contributed by atoms with Gasteiger partial charge in [-0.25, -0.2) is 13.1 Å². The van der Waals surface area contributed by atoms with E-state index in [0.717, 1.165) is 59.0 Å². The molecule has 1 N–H and O–H groups in total. The number of hydrogen-bond donors (Lipinski definition) is 1. The Kier molecular flexibility index (Phi) is 12.0. The fourth-order valence-corrected chi connectivity index (χ4v) is 8.46. The van der Waals surface area contributed by atoms with Crippen LogP contribution in [0.3, 0.4) is 0 Å². The molecule has 1 saturated heterocycles. The number of amides is 2. The highest BCUT2D eigenvalue weighted by Gasteiger charge is 2.43. The van der Waals surface area contributed by atoms with Gasteiger partial charge in [0, 0.05) is 56.4 Å². The number of nitrogens with zero attached hydrogens (tertiary/aromatic N) is 4. The van der Waals surface area contributed by atoms with Gasteiger partial charge in [0.2, 0.25) is 10.0 Å². The smallest absolute Gasteiger partial charge is 0.435 e. The number of halogens is 3. The molecule has 0 radical (unpaired) electrons. The third-order valence-corrected chi connectivity index (χ3v) is 12.3. The van der Waals surface area contributed by atoms with E-state index in [1.54, 1.807) is 32.4 Å². The average molecular weight is 800 g/mol. The first-order valence-electron chi connectivity index (χ1n) is 18.6. The summed E-state index contributed by atoms with van der Waals surface area (Å²) in [5.41, 5.74) is 2.74. The summed E-state index contributed by atoms with van der Waals surface area (Å²) in [6.45, 7) is 3.65.